The van der Waals surface area contributed by atoms with Crippen molar-refractivity contribution in [1.29, 1.82) is 0 Å². The van der Waals surface area contributed by atoms with Crippen LogP contribution >= 0.6 is 11.8 Å². The molecule has 7 nitrogen and oxygen atoms in total. The third kappa shape index (κ3) is 4.84. The van der Waals surface area contributed by atoms with Crippen LogP contribution in [0.3, 0.4) is 0 Å². The van der Waals surface area contributed by atoms with Crippen LogP contribution in [0.15, 0.2) is 18.2 Å². The van der Waals surface area contributed by atoms with Gasteiger partial charge in [-0.15, -0.1) is 0 Å². The van der Waals surface area contributed by atoms with Gasteiger partial charge in [-0.2, -0.15) is 11.8 Å². The predicted molar refractivity (Wildman–Crippen MR) is 141 cm³/mol. The third-order valence-electron chi connectivity index (χ3n) is 8.98. The number of carbonyl (C=O) groups is 3. The Labute approximate surface area is 218 Å². The Kier molecular flexibility index (Phi) is 7.75. The molecule has 4 fully saturated rings. The summed E-state index contributed by atoms with van der Waals surface area (Å²) in [5.74, 6) is -0.450. The van der Waals surface area contributed by atoms with E-state index in [1.807, 2.05) is 18.4 Å². The summed E-state index contributed by atoms with van der Waals surface area (Å²) in [6.07, 6.45) is 9.12. The number of thioether (sulfide) groups is 1. The van der Waals surface area contributed by atoms with E-state index >= 15 is 0 Å². The van der Waals surface area contributed by atoms with Gasteiger partial charge in [0.25, 0.3) is 0 Å². The van der Waals surface area contributed by atoms with Crippen LogP contribution in [0.4, 0.5) is 0 Å². The zero-order valence-electron chi connectivity index (χ0n) is 21.5. The maximum absolute atomic E-state index is 14.5. The highest BCUT2D eigenvalue weighted by atomic mass is 32.2. The fourth-order valence-corrected chi connectivity index (χ4v) is 7.75. The van der Waals surface area contributed by atoms with E-state index in [2.05, 4.69) is 18.0 Å². The Balaban J connectivity index is 1.55. The standard InChI is InChI=1S/C28H39N3O4S/c1-30-12-10-17(11-13-30)19-8-9-20(27(29)33)21(14-19)24(18-6-4-3-5-7-18)28(34)31-15-23(36-2)26-25(31)22(32)16-35-26/h8-9,14,17-18,23-26H,3-7,10-13,15-16H2,1-2H3,(H2,29,33)/t23-,24-,25+,26+/m0/s1. The summed E-state index contributed by atoms with van der Waals surface area (Å²) in [6.45, 7) is 2.66. The first-order valence-corrected chi connectivity index (χ1v) is 14.8. The number of nitrogens with two attached hydrogens (primary N) is 1. The molecule has 36 heavy (non-hydrogen) atoms. The average molecular weight is 514 g/mol. The molecule has 0 aromatic heterocycles. The summed E-state index contributed by atoms with van der Waals surface area (Å²) in [5.41, 5.74) is 8.29. The highest BCUT2D eigenvalue weighted by Crippen LogP contribution is 2.43. The Morgan fingerprint density at radius 2 is 1.83 bits per heavy atom. The molecule has 0 radical (unpaired) electrons. The van der Waals surface area contributed by atoms with Gasteiger partial charge in [-0.25, -0.2) is 0 Å². The molecule has 3 aliphatic heterocycles. The van der Waals surface area contributed by atoms with Crippen molar-refractivity contribution >= 4 is 29.4 Å². The molecule has 4 aliphatic rings. The van der Waals surface area contributed by atoms with Crippen LogP contribution in [0.25, 0.3) is 0 Å². The second kappa shape index (κ2) is 10.8. The van der Waals surface area contributed by atoms with Gasteiger partial charge in [0.1, 0.15) is 12.6 Å². The lowest BCUT2D eigenvalue weighted by Gasteiger charge is -2.35. The normalized spacial score (nSPS) is 28.9. The highest BCUT2D eigenvalue weighted by molar-refractivity contribution is 7.99. The second-order valence-electron chi connectivity index (χ2n) is 11.1. The van der Waals surface area contributed by atoms with Crippen molar-refractivity contribution in [2.45, 2.75) is 74.2 Å². The number of piperidine rings is 1. The fourth-order valence-electron chi connectivity index (χ4n) is 6.94. The number of nitrogens with zero attached hydrogens (tertiary/aromatic N) is 2. The van der Waals surface area contributed by atoms with Crippen LogP contribution in [0.1, 0.15) is 78.3 Å². The molecule has 5 rings (SSSR count). The number of likely N-dealkylation sites (tertiary alicyclic amines) is 2. The van der Waals surface area contributed by atoms with E-state index in [0.29, 0.717) is 18.0 Å². The minimum atomic E-state index is -0.518. The largest absolute Gasteiger partial charge is 0.367 e. The summed E-state index contributed by atoms with van der Waals surface area (Å²) < 4.78 is 5.83. The van der Waals surface area contributed by atoms with Gasteiger partial charge in [0.05, 0.1) is 17.3 Å². The number of amides is 2. The van der Waals surface area contributed by atoms with Crippen molar-refractivity contribution in [2.75, 3.05) is 39.5 Å². The lowest BCUT2D eigenvalue weighted by molar-refractivity contribution is -0.139. The van der Waals surface area contributed by atoms with Gasteiger partial charge in [-0.3, -0.25) is 14.4 Å². The molecule has 4 atom stereocenters. The second-order valence-corrected chi connectivity index (χ2v) is 12.2. The third-order valence-corrected chi connectivity index (χ3v) is 10.0. The van der Waals surface area contributed by atoms with E-state index in [-0.39, 0.29) is 35.6 Å². The monoisotopic (exact) mass is 513 g/mol. The van der Waals surface area contributed by atoms with Crippen LogP contribution in [0.2, 0.25) is 0 Å². The lowest BCUT2D eigenvalue weighted by atomic mass is 9.73. The van der Waals surface area contributed by atoms with Crippen LogP contribution in [0.5, 0.6) is 0 Å². The number of hydrogen-bond acceptors (Lipinski definition) is 6. The van der Waals surface area contributed by atoms with Gasteiger partial charge < -0.3 is 20.3 Å². The molecule has 3 heterocycles. The topological polar surface area (TPSA) is 92.9 Å². The Morgan fingerprint density at radius 3 is 2.50 bits per heavy atom. The van der Waals surface area contributed by atoms with Gasteiger partial charge in [0.2, 0.25) is 11.8 Å². The highest BCUT2D eigenvalue weighted by Gasteiger charge is 2.53. The SMILES string of the molecule is CS[C@H]1CN(C(=O)[C@H](c2cc(C3CCN(C)CC3)ccc2C(N)=O)C2CCCCC2)[C@@H]2C(=O)CO[C@H]12. The summed E-state index contributed by atoms with van der Waals surface area (Å²) >= 11 is 1.66. The Hall–Kier alpha value is -1.90. The maximum Gasteiger partial charge on any atom is 0.249 e. The van der Waals surface area contributed by atoms with Gasteiger partial charge in [-0.05, 0) is 81.1 Å². The minimum absolute atomic E-state index is 0.0116. The molecule has 8 heteroatoms. The number of carbonyl (C=O) groups excluding carboxylic acids is 3. The number of primary amides is 1. The smallest absolute Gasteiger partial charge is 0.249 e. The first-order valence-electron chi connectivity index (χ1n) is 13.5. The number of ketones is 1. The fraction of sp³-hybridized carbons (Fsp3) is 0.679. The van der Waals surface area contributed by atoms with Gasteiger partial charge in [0.15, 0.2) is 5.78 Å². The molecule has 3 saturated heterocycles. The summed E-state index contributed by atoms with van der Waals surface area (Å²) in [6, 6.07) is 5.47. The molecule has 1 aromatic carbocycles. The Bertz CT molecular complexity index is 1000. The van der Waals surface area contributed by atoms with Gasteiger partial charge >= 0.3 is 0 Å². The summed E-state index contributed by atoms with van der Waals surface area (Å²) in [4.78, 5) is 44.0. The first-order chi connectivity index (χ1) is 17.4. The molecule has 2 N–H and O–H groups in total. The van der Waals surface area contributed by atoms with E-state index in [1.165, 1.54) is 12.0 Å². The molecule has 1 aromatic rings. The maximum atomic E-state index is 14.5. The predicted octanol–water partition coefficient (Wildman–Crippen LogP) is 3.17. The number of Topliss-reactive ketones (excluding diaryl/α,β-unsaturated/α-hetero) is 1. The van der Waals surface area contributed by atoms with Crippen molar-refractivity contribution in [1.82, 2.24) is 9.80 Å². The van der Waals surface area contributed by atoms with Gasteiger partial charge in [-0.1, -0.05) is 31.4 Å². The quantitative estimate of drug-likeness (QED) is 0.628. The van der Waals surface area contributed by atoms with Crippen LogP contribution in [0, 0.1) is 5.92 Å². The Morgan fingerprint density at radius 1 is 1.11 bits per heavy atom. The van der Waals surface area contributed by atoms with Gasteiger partial charge in [0, 0.05) is 12.1 Å². The molecule has 1 saturated carbocycles. The van der Waals surface area contributed by atoms with E-state index in [1.54, 1.807) is 16.7 Å². The first kappa shape index (κ1) is 25.7. The van der Waals surface area contributed by atoms with E-state index in [4.69, 9.17) is 10.5 Å². The average Bonchev–Trinajstić information content (AvgIpc) is 3.45. The zero-order chi connectivity index (χ0) is 25.4. The summed E-state index contributed by atoms with van der Waals surface area (Å²) in [7, 11) is 2.15. The molecule has 0 spiro atoms. The van der Waals surface area contributed by atoms with Crippen LogP contribution in [-0.4, -0.2) is 84.3 Å². The molecular formula is C28H39N3O4S. The van der Waals surface area contributed by atoms with Crippen molar-refractivity contribution in [3.05, 3.63) is 34.9 Å². The lowest BCUT2D eigenvalue weighted by Crippen LogP contribution is -2.46. The number of rotatable bonds is 6. The van der Waals surface area contributed by atoms with E-state index < -0.39 is 17.9 Å². The molecule has 0 bridgehead atoms. The van der Waals surface area contributed by atoms with Crippen LogP contribution < -0.4 is 5.73 Å². The van der Waals surface area contributed by atoms with Crippen molar-refractivity contribution in [3.63, 3.8) is 0 Å². The molecule has 2 amide bonds. The van der Waals surface area contributed by atoms with Crippen molar-refractivity contribution < 1.29 is 19.1 Å². The van der Waals surface area contributed by atoms with Crippen LogP contribution in [-0.2, 0) is 14.3 Å². The minimum Gasteiger partial charge on any atom is -0.367 e. The number of fused-ring (bicyclic) bond motifs is 1. The molecule has 0 unspecified atom stereocenters. The summed E-state index contributed by atoms with van der Waals surface area (Å²) in [5, 5.41) is 0.0820. The van der Waals surface area contributed by atoms with E-state index in [0.717, 1.165) is 57.2 Å². The van der Waals surface area contributed by atoms with Crippen molar-refractivity contribution in [3.8, 4) is 0 Å². The van der Waals surface area contributed by atoms with E-state index in [9.17, 15) is 14.4 Å². The molecule has 1 aliphatic carbocycles. The van der Waals surface area contributed by atoms with Crippen molar-refractivity contribution in [2.24, 2.45) is 11.7 Å². The number of ether oxygens (including phenoxy) is 1. The molecular weight excluding hydrogens is 474 g/mol. The molecule has 196 valence electrons. The zero-order valence-corrected chi connectivity index (χ0v) is 22.3. The number of benzene rings is 1. The number of hydrogen-bond donors (Lipinski definition) is 1.